The third kappa shape index (κ3) is 3.72. The zero-order chi connectivity index (χ0) is 18.7. The molecule has 27 heavy (non-hydrogen) atoms. The van der Waals surface area contributed by atoms with Crippen molar-refractivity contribution < 1.29 is 9.90 Å². The number of aliphatic hydroxyl groups is 1. The molecule has 4 nitrogen and oxygen atoms in total. The summed E-state index contributed by atoms with van der Waals surface area (Å²) in [6, 6.07) is 18.0. The summed E-state index contributed by atoms with van der Waals surface area (Å²) in [4.78, 5) is 15.0. The van der Waals surface area contributed by atoms with E-state index in [1.165, 1.54) is 11.1 Å². The monoisotopic (exact) mass is 364 g/mol. The zero-order valence-corrected chi connectivity index (χ0v) is 15.7. The molecule has 0 radical (unpaired) electrons. The number of rotatable bonds is 3. The van der Waals surface area contributed by atoms with Crippen LogP contribution in [0.2, 0.25) is 0 Å². The third-order valence-corrected chi connectivity index (χ3v) is 6.16. The van der Waals surface area contributed by atoms with Crippen molar-refractivity contribution in [2.75, 3.05) is 6.54 Å². The minimum Gasteiger partial charge on any atom is -0.386 e. The topological polar surface area (TPSA) is 52.6 Å². The number of nitrogens with zero attached hydrogens (tertiary/aromatic N) is 1. The van der Waals surface area contributed by atoms with Crippen LogP contribution >= 0.6 is 0 Å². The van der Waals surface area contributed by atoms with Gasteiger partial charge in [0, 0.05) is 13.1 Å². The Hall–Kier alpha value is -2.33. The first-order valence-corrected chi connectivity index (χ1v) is 10.0. The fourth-order valence-electron chi connectivity index (χ4n) is 4.56. The van der Waals surface area contributed by atoms with Gasteiger partial charge in [-0.05, 0) is 36.0 Å². The molecular formula is C23H28N2O2. The van der Waals surface area contributed by atoms with Crippen molar-refractivity contribution in [2.24, 2.45) is 0 Å². The van der Waals surface area contributed by atoms with E-state index in [1.54, 1.807) is 0 Å². The molecule has 0 spiro atoms. The zero-order valence-electron chi connectivity index (χ0n) is 15.7. The molecule has 2 aliphatic rings. The van der Waals surface area contributed by atoms with Gasteiger partial charge in [-0.1, -0.05) is 73.9 Å². The molecule has 1 aliphatic heterocycles. The molecule has 2 aromatic rings. The first-order chi connectivity index (χ1) is 13.2. The van der Waals surface area contributed by atoms with Gasteiger partial charge in [0.1, 0.15) is 6.10 Å². The lowest BCUT2D eigenvalue weighted by Gasteiger charge is -2.43. The SMILES string of the molecule is O=C(NC1(C(O)c2ccccc2)CCCCC1)N1CCc2ccccc2C1. The summed E-state index contributed by atoms with van der Waals surface area (Å²) in [6.45, 7) is 1.36. The van der Waals surface area contributed by atoms with Crippen LogP contribution in [0.3, 0.4) is 0 Å². The fourth-order valence-corrected chi connectivity index (χ4v) is 4.56. The Morgan fingerprint density at radius 3 is 2.37 bits per heavy atom. The van der Waals surface area contributed by atoms with Gasteiger partial charge in [0.25, 0.3) is 0 Å². The number of carbonyl (C=O) groups excluding carboxylic acids is 1. The van der Waals surface area contributed by atoms with Crippen molar-refractivity contribution in [1.29, 1.82) is 0 Å². The molecular weight excluding hydrogens is 336 g/mol. The second kappa shape index (κ2) is 7.73. The van der Waals surface area contributed by atoms with Crippen LogP contribution in [0.5, 0.6) is 0 Å². The van der Waals surface area contributed by atoms with E-state index in [9.17, 15) is 9.90 Å². The van der Waals surface area contributed by atoms with Gasteiger partial charge in [0.2, 0.25) is 0 Å². The summed E-state index contributed by atoms with van der Waals surface area (Å²) in [5.74, 6) is 0. The lowest BCUT2D eigenvalue weighted by Crippen LogP contribution is -2.57. The van der Waals surface area contributed by atoms with Crippen LogP contribution in [-0.2, 0) is 13.0 Å². The van der Waals surface area contributed by atoms with E-state index in [-0.39, 0.29) is 6.03 Å². The molecule has 1 saturated carbocycles. The number of urea groups is 1. The van der Waals surface area contributed by atoms with Crippen LogP contribution in [0.4, 0.5) is 4.79 Å². The summed E-state index contributed by atoms with van der Waals surface area (Å²) in [5.41, 5.74) is 2.86. The highest BCUT2D eigenvalue weighted by Crippen LogP contribution is 2.38. The predicted octanol–water partition coefficient (Wildman–Crippen LogP) is 4.19. The number of nitrogens with one attached hydrogen (secondary N) is 1. The van der Waals surface area contributed by atoms with Gasteiger partial charge in [-0.2, -0.15) is 0 Å². The molecule has 1 aliphatic carbocycles. The first-order valence-electron chi connectivity index (χ1n) is 10.0. The quantitative estimate of drug-likeness (QED) is 0.858. The molecule has 1 fully saturated rings. The highest BCUT2D eigenvalue weighted by molar-refractivity contribution is 5.75. The molecule has 0 saturated heterocycles. The number of benzene rings is 2. The van der Waals surface area contributed by atoms with E-state index in [0.717, 1.165) is 50.6 Å². The van der Waals surface area contributed by atoms with Crippen LogP contribution in [0, 0.1) is 0 Å². The maximum absolute atomic E-state index is 13.1. The molecule has 2 amide bonds. The lowest BCUT2D eigenvalue weighted by atomic mass is 9.75. The third-order valence-electron chi connectivity index (χ3n) is 6.16. The second-order valence-electron chi connectivity index (χ2n) is 7.90. The van der Waals surface area contributed by atoms with Crippen LogP contribution < -0.4 is 5.32 Å². The van der Waals surface area contributed by atoms with E-state index in [2.05, 4.69) is 23.5 Å². The van der Waals surface area contributed by atoms with Gasteiger partial charge in [-0.15, -0.1) is 0 Å². The molecule has 142 valence electrons. The highest BCUT2D eigenvalue weighted by atomic mass is 16.3. The Balaban J connectivity index is 1.53. The van der Waals surface area contributed by atoms with E-state index in [1.807, 2.05) is 41.3 Å². The summed E-state index contributed by atoms with van der Waals surface area (Å²) in [7, 11) is 0. The van der Waals surface area contributed by atoms with Crippen molar-refractivity contribution in [2.45, 2.75) is 56.7 Å². The van der Waals surface area contributed by atoms with E-state index in [4.69, 9.17) is 0 Å². The lowest BCUT2D eigenvalue weighted by molar-refractivity contribution is 0.0344. The maximum atomic E-state index is 13.1. The van der Waals surface area contributed by atoms with Crippen LogP contribution in [0.15, 0.2) is 54.6 Å². The van der Waals surface area contributed by atoms with Crippen molar-refractivity contribution in [3.8, 4) is 0 Å². The van der Waals surface area contributed by atoms with E-state index in [0.29, 0.717) is 6.54 Å². The fraction of sp³-hybridized carbons (Fsp3) is 0.435. The molecule has 2 aromatic carbocycles. The van der Waals surface area contributed by atoms with Gasteiger partial charge in [0.05, 0.1) is 5.54 Å². The number of hydrogen-bond donors (Lipinski definition) is 2. The van der Waals surface area contributed by atoms with Gasteiger partial charge in [-0.3, -0.25) is 0 Å². The number of hydrogen-bond acceptors (Lipinski definition) is 2. The van der Waals surface area contributed by atoms with Crippen LogP contribution in [0.25, 0.3) is 0 Å². The summed E-state index contributed by atoms with van der Waals surface area (Å²) in [6.07, 6.45) is 5.08. The highest BCUT2D eigenvalue weighted by Gasteiger charge is 2.42. The normalized spacial score (nSPS) is 19.8. The van der Waals surface area contributed by atoms with Crippen LogP contribution in [0.1, 0.15) is 54.9 Å². The minimum atomic E-state index is -0.681. The Bertz CT molecular complexity index is 784. The second-order valence-corrected chi connectivity index (χ2v) is 7.90. The molecule has 2 N–H and O–H groups in total. The predicted molar refractivity (Wildman–Crippen MR) is 106 cm³/mol. The van der Waals surface area contributed by atoms with Crippen molar-refractivity contribution in [3.63, 3.8) is 0 Å². The van der Waals surface area contributed by atoms with Gasteiger partial charge in [-0.25, -0.2) is 4.79 Å². The number of carbonyl (C=O) groups is 1. The molecule has 0 bridgehead atoms. The van der Waals surface area contributed by atoms with Crippen molar-refractivity contribution >= 4 is 6.03 Å². The summed E-state index contributed by atoms with van der Waals surface area (Å²) in [5, 5.41) is 14.4. The van der Waals surface area contributed by atoms with Crippen molar-refractivity contribution in [1.82, 2.24) is 10.2 Å². The maximum Gasteiger partial charge on any atom is 0.318 e. The molecule has 4 rings (SSSR count). The summed E-state index contributed by atoms with van der Waals surface area (Å²) >= 11 is 0. The number of aliphatic hydroxyl groups excluding tert-OH is 1. The van der Waals surface area contributed by atoms with E-state index >= 15 is 0 Å². The molecule has 4 heteroatoms. The van der Waals surface area contributed by atoms with Gasteiger partial charge < -0.3 is 15.3 Å². The van der Waals surface area contributed by atoms with Crippen molar-refractivity contribution in [3.05, 3.63) is 71.3 Å². The Kier molecular flexibility index (Phi) is 5.17. The Morgan fingerprint density at radius 2 is 1.63 bits per heavy atom. The van der Waals surface area contributed by atoms with Gasteiger partial charge in [0.15, 0.2) is 0 Å². The Labute approximate surface area is 161 Å². The van der Waals surface area contributed by atoms with E-state index < -0.39 is 11.6 Å². The largest absolute Gasteiger partial charge is 0.386 e. The number of fused-ring (bicyclic) bond motifs is 1. The average molecular weight is 364 g/mol. The summed E-state index contributed by atoms with van der Waals surface area (Å²) < 4.78 is 0. The van der Waals surface area contributed by atoms with Crippen LogP contribution in [-0.4, -0.2) is 28.1 Å². The Morgan fingerprint density at radius 1 is 0.963 bits per heavy atom. The van der Waals surface area contributed by atoms with Gasteiger partial charge >= 0.3 is 6.03 Å². The molecule has 1 heterocycles. The minimum absolute atomic E-state index is 0.0543. The molecule has 1 atom stereocenters. The molecule has 1 unspecified atom stereocenters. The number of amides is 2. The standard InChI is InChI=1S/C23H28N2O2/c26-21(19-10-3-1-4-11-19)23(14-7-2-8-15-23)24-22(27)25-16-13-18-9-5-6-12-20(18)17-25/h1,3-6,9-12,21,26H,2,7-8,13-17H2,(H,24,27). The average Bonchev–Trinajstić information content (AvgIpc) is 2.74. The molecule has 0 aromatic heterocycles. The smallest absolute Gasteiger partial charge is 0.318 e. The first kappa shape index (κ1) is 18.1.